The van der Waals surface area contributed by atoms with E-state index in [1.165, 1.54) is 6.20 Å². The van der Waals surface area contributed by atoms with Gasteiger partial charge >= 0.3 is 0 Å². The van der Waals surface area contributed by atoms with E-state index in [0.717, 1.165) is 16.2 Å². The number of aromatic nitrogens is 2. The van der Waals surface area contributed by atoms with Gasteiger partial charge in [-0.05, 0) is 12.7 Å². The van der Waals surface area contributed by atoms with Crippen molar-refractivity contribution in [2.75, 3.05) is 23.4 Å². The summed E-state index contributed by atoms with van der Waals surface area (Å²) in [5.41, 5.74) is 0.158. The highest BCUT2D eigenvalue weighted by molar-refractivity contribution is 7.99. The van der Waals surface area contributed by atoms with Gasteiger partial charge in [0, 0.05) is 11.8 Å². The molecule has 1 aromatic heterocycles. The number of anilines is 1. The van der Waals surface area contributed by atoms with Crippen LogP contribution in [0.25, 0.3) is 0 Å². The maximum Gasteiger partial charge on any atom is 0.287 e. The summed E-state index contributed by atoms with van der Waals surface area (Å²) in [6.07, 6.45) is 1.52. The highest BCUT2D eigenvalue weighted by atomic mass is 35.5. The van der Waals surface area contributed by atoms with Gasteiger partial charge in [0.25, 0.3) is 5.56 Å². The van der Waals surface area contributed by atoms with E-state index in [0.29, 0.717) is 5.69 Å². The molecule has 0 spiro atoms. The van der Waals surface area contributed by atoms with E-state index in [-0.39, 0.29) is 29.8 Å². The van der Waals surface area contributed by atoms with Gasteiger partial charge in [-0.25, -0.2) is 4.68 Å². The molecule has 1 heterocycles. The van der Waals surface area contributed by atoms with E-state index < -0.39 is 0 Å². The number of hydrogen-bond acceptors (Lipinski definition) is 5. The average Bonchev–Trinajstić information content (AvgIpc) is 2.36. The van der Waals surface area contributed by atoms with Crippen LogP contribution in [0.3, 0.4) is 0 Å². The van der Waals surface area contributed by atoms with E-state index in [1.807, 2.05) is 18.7 Å². The number of halogens is 1. The molecule has 7 heteroatoms. The fourth-order valence-electron chi connectivity index (χ4n) is 1.42. The molecule has 5 nitrogen and oxygen atoms in total. The number of nitrogens with one attached hydrogen (secondary N) is 1. The number of hydrogen-bond donors (Lipinski definition) is 2. The van der Waals surface area contributed by atoms with Crippen molar-refractivity contribution >= 4 is 29.1 Å². The predicted octanol–water partition coefficient (Wildman–Crippen LogP) is 1.44. The minimum Gasteiger partial charge on any atom is -0.394 e. The second-order valence-corrected chi connectivity index (χ2v) is 5.53. The first-order valence-corrected chi connectivity index (χ1v) is 7.34. The molecule has 0 fully saturated rings. The summed E-state index contributed by atoms with van der Waals surface area (Å²) in [6, 6.07) is 0.211. The van der Waals surface area contributed by atoms with Crippen LogP contribution < -0.4 is 10.9 Å². The minimum absolute atomic E-state index is 0.117. The van der Waals surface area contributed by atoms with Gasteiger partial charge < -0.3 is 10.4 Å². The Morgan fingerprint density at radius 2 is 2.39 bits per heavy atom. The lowest BCUT2D eigenvalue weighted by Crippen LogP contribution is -2.27. The summed E-state index contributed by atoms with van der Waals surface area (Å²) in [5, 5.41) is 16.0. The molecule has 1 aromatic rings. The quantitative estimate of drug-likeness (QED) is 0.796. The largest absolute Gasteiger partial charge is 0.394 e. The molecule has 0 aliphatic rings. The molecule has 0 bridgehead atoms. The van der Waals surface area contributed by atoms with E-state index in [9.17, 15) is 4.79 Å². The molecule has 0 aliphatic carbocycles. The molecule has 102 valence electrons. The van der Waals surface area contributed by atoms with Crippen molar-refractivity contribution in [3.05, 3.63) is 21.6 Å². The fourth-order valence-corrected chi connectivity index (χ4v) is 2.29. The molecule has 1 rings (SSSR count). The Morgan fingerprint density at radius 1 is 1.67 bits per heavy atom. The third-order valence-electron chi connectivity index (χ3n) is 2.27. The van der Waals surface area contributed by atoms with Gasteiger partial charge in [0.05, 0.1) is 25.0 Å². The zero-order valence-electron chi connectivity index (χ0n) is 10.5. The Labute approximate surface area is 116 Å². The molecule has 1 unspecified atom stereocenters. The number of thioether (sulfide) groups is 1. The van der Waals surface area contributed by atoms with Crippen molar-refractivity contribution in [3.8, 4) is 0 Å². The molecule has 1 atom stereocenters. The van der Waals surface area contributed by atoms with Crippen LogP contribution in [0.4, 0.5) is 5.69 Å². The van der Waals surface area contributed by atoms with Crippen molar-refractivity contribution in [1.82, 2.24) is 9.78 Å². The molecular formula is C11H18ClN3O2S. The number of aliphatic hydroxyl groups excluding tert-OH is 1. The Balaban J connectivity index is 2.79. The smallest absolute Gasteiger partial charge is 0.287 e. The summed E-state index contributed by atoms with van der Waals surface area (Å²) < 4.78 is 1.15. The van der Waals surface area contributed by atoms with Gasteiger partial charge in [-0.15, -0.1) is 0 Å². The summed E-state index contributed by atoms with van der Waals surface area (Å²) in [6.45, 7) is 4.14. The first-order valence-electron chi connectivity index (χ1n) is 5.80. The summed E-state index contributed by atoms with van der Waals surface area (Å²) >= 11 is 7.80. The molecular weight excluding hydrogens is 274 g/mol. The third-order valence-corrected chi connectivity index (χ3v) is 3.78. The normalized spacial score (nSPS) is 12.4. The first kappa shape index (κ1) is 15.3. The average molecular weight is 292 g/mol. The highest BCUT2D eigenvalue weighted by Gasteiger charge is 2.11. The molecule has 2 N–H and O–H groups in total. The SMILES string of the molecule is CCSCC(C)Nc1cnn(CCO)c(=O)c1Cl. The van der Waals surface area contributed by atoms with Crippen molar-refractivity contribution in [3.63, 3.8) is 0 Å². The Bertz CT molecular complexity index is 439. The van der Waals surface area contributed by atoms with Crippen LogP contribution in [0.15, 0.2) is 11.0 Å². The topological polar surface area (TPSA) is 67.2 Å². The summed E-state index contributed by atoms with van der Waals surface area (Å²) in [4.78, 5) is 11.8. The lowest BCUT2D eigenvalue weighted by atomic mass is 10.3. The van der Waals surface area contributed by atoms with Crippen LogP contribution in [0.1, 0.15) is 13.8 Å². The zero-order chi connectivity index (χ0) is 13.5. The van der Waals surface area contributed by atoms with Crippen LogP contribution in [0.2, 0.25) is 5.02 Å². The zero-order valence-corrected chi connectivity index (χ0v) is 12.1. The molecule has 0 radical (unpaired) electrons. The fraction of sp³-hybridized carbons (Fsp3) is 0.636. The van der Waals surface area contributed by atoms with E-state index in [2.05, 4.69) is 17.3 Å². The summed E-state index contributed by atoms with van der Waals surface area (Å²) in [7, 11) is 0. The highest BCUT2D eigenvalue weighted by Crippen LogP contribution is 2.17. The number of rotatable bonds is 7. The minimum atomic E-state index is -0.383. The number of nitrogens with zero attached hydrogens (tertiary/aromatic N) is 2. The standard InChI is InChI=1S/C11H18ClN3O2S/c1-3-18-7-8(2)14-9-6-13-15(4-5-16)11(17)10(9)12/h6,8,14,16H,3-5,7H2,1-2H3. The van der Waals surface area contributed by atoms with Crippen molar-refractivity contribution in [2.24, 2.45) is 0 Å². The molecule has 0 amide bonds. The third kappa shape index (κ3) is 4.19. The van der Waals surface area contributed by atoms with Crippen LogP contribution in [0.5, 0.6) is 0 Å². The summed E-state index contributed by atoms with van der Waals surface area (Å²) in [5.74, 6) is 1.99. The maximum absolute atomic E-state index is 11.8. The second kappa shape index (κ2) is 7.66. The Kier molecular flexibility index (Phi) is 6.52. The van der Waals surface area contributed by atoms with Gasteiger partial charge in [0.1, 0.15) is 5.02 Å². The molecule has 18 heavy (non-hydrogen) atoms. The van der Waals surface area contributed by atoms with Crippen molar-refractivity contribution < 1.29 is 5.11 Å². The molecule has 0 saturated carbocycles. The lowest BCUT2D eigenvalue weighted by Gasteiger charge is -2.15. The van der Waals surface area contributed by atoms with Crippen LogP contribution in [-0.4, -0.2) is 39.0 Å². The maximum atomic E-state index is 11.8. The van der Waals surface area contributed by atoms with Crippen molar-refractivity contribution in [1.29, 1.82) is 0 Å². The van der Waals surface area contributed by atoms with Gasteiger partial charge in [0.2, 0.25) is 0 Å². The number of aliphatic hydroxyl groups is 1. The van der Waals surface area contributed by atoms with E-state index in [1.54, 1.807) is 0 Å². The molecule has 0 saturated heterocycles. The van der Waals surface area contributed by atoms with Crippen LogP contribution >= 0.6 is 23.4 Å². The van der Waals surface area contributed by atoms with Crippen LogP contribution in [0, 0.1) is 0 Å². The monoisotopic (exact) mass is 291 g/mol. The van der Waals surface area contributed by atoms with Gasteiger partial charge in [-0.3, -0.25) is 4.79 Å². The molecule has 0 aliphatic heterocycles. The van der Waals surface area contributed by atoms with Crippen LogP contribution in [-0.2, 0) is 6.54 Å². The Morgan fingerprint density at radius 3 is 3.00 bits per heavy atom. The predicted molar refractivity (Wildman–Crippen MR) is 76.7 cm³/mol. The van der Waals surface area contributed by atoms with E-state index >= 15 is 0 Å². The second-order valence-electron chi connectivity index (χ2n) is 3.83. The Hall–Kier alpha value is -0.720. The molecule has 0 aromatic carbocycles. The lowest BCUT2D eigenvalue weighted by molar-refractivity contribution is 0.266. The van der Waals surface area contributed by atoms with Gasteiger partial charge in [0.15, 0.2) is 0 Å². The van der Waals surface area contributed by atoms with Gasteiger partial charge in [-0.2, -0.15) is 16.9 Å². The van der Waals surface area contributed by atoms with Crippen molar-refractivity contribution in [2.45, 2.75) is 26.4 Å². The van der Waals surface area contributed by atoms with Gasteiger partial charge in [-0.1, -0.05) is 18.5 Å². The van der Waals surface area contributed by atoms with E-state index in [4.69, 9.17) is 16.7 Å². The first-order chi connectivity index (χ1) is 8.60.